The number of phenolic OH excluding ortho intramolecular Hbond substituents is 2. The molecule has 0 amide bonds. The monoisotopic (exact) mass is 526 g/mol. The molecule has 1 aliphatic carbocycles. The van der Waals surface area contributed by atoms with Crippen LogP contribution in [-0.4, -0.2) is 28.9 Å². The van der Waals surface area contributed by atoms with Crippen molar-refractivity contribution in [2.75, 3.05) is 7.11 Å². The van der Waals surface area contributed by atoms with Crippen LogP contribution < -0.4 is 4.74 Å². The third-order valence-electron chi connectivity index (χ3n) is 5.99. The van der Waals surface area contributed by atoms with E-state index in [9.17, 15) is 19.8 Å². The SMILES string of the molecule is COc1ccc2cc(-c3cc(O)c(-c4ccc(Br)cc4)c(C4=CC(=O)C=CC4=O)c3O)ccc2c1. The van der Waals surface area contributed by atoms with Crippen LogP contribution in [0.15, 0.2) is 89.4 Å². The van der Waals surface area contributed by atoms with Gasteiger partial charge in [-0.1, -0.05) is 46.3 Å². The van der Waals surface area contributed by atoms with Gasteiger partial charge in [-0.05, 0) is 76.5 Å². The van der Waals surface area contributed by atoms with Gasteiger partial charge in [-0.25, -0.2) is 0 Å². The molecule has 4 aromatic rings. The fourth-order valence-corrected chi connectivity index (χ4v) is 4.54. The van der Waals surface area contributed by atoms with E-state index in [4.69, 9.17) is 4.74 Å². The van der Waals surface area contributed by atoms with Gasteiger partial charge in [0, 0.05) is 26.7 Å². The molecule has 1 aliphatic rings. The molecule has 6 heteroatoms. The minimum absolute atomic E-state index is 0.0237. The molecular formula is C29H19BrO5. The van der Waals surface area contributed by atoms with E-state index >= 15 is 0 Å². The number of hydrogen-bond donors (Lipinski definition) is 2. The Labute approximate surface area is 209 Å². The number of ether oxygens (including phenoxy) is 1. The Bertz CT molecular complexity index is 1580. The van der Waals surface area contributed by atoms with Crippen LogP contribution in [0.4, 0.5) is 0 Å². The maximum atomic E-state index is 12.8. The summed E-state index contributed by atoms with van der Waals surface area (Å²) in [5.41, 5.74) is 1.97. The molecule has 0 spiro atoms. The lowest BCUT2D eigenvalue weighted by atomic mass is 9.85. The van der Waals surface area contributed by atoms with Gasteiger partial charge in [-0.2, -0.15) is 0 Å². The Kier molecular flexibility index (Phi) is 5.75. The fraction of sp³-hybridized carbons (Fsp3) is 0.0345. The van der Waals surface area contributed by atoms with Crippen LogP contribution in [0, 0.1) is 0 Å². The summed E-state index contributed by atoms with van der Waals surface area (Å²) >= 11 is 3.40. The predicted octanol–water partition coefficient (Wildman–Crippen LogP) is 6.45. The van der Waals surface area contributed by atoms with Gasteiger partial charge in [0.2, 0.25) is 0 Å². The Morgan fingerprint density at radius 1 is 0.771 bits per heavy atom. The summed E-state index contributed by atoms with van der Waals surface area (Å²) in [5, 5.41) is 24.5. The van der Waals surface area contributed by atoms with Gasteiger partial charge in [0.1, 0.15) is 17.2 Å². The lowest BCUT2D eigenvalue weighted by Crippen LogP contribution is -2.08. The first-order valence-electron chi connectivity index (χ1n) is 10.8. The first-order chi connectivity index (χ1) is 16.9. The second-order valence-corrected chi connectivity index (χ2v) is 9.05. The van der Waals surface area contributed by atoms with Gasteiger partial charge in [0.05, 0.1) is 7.11 Å². The van der Waals surface area contributed by atoms with Gasteiger partial charge >= 0.3 is 0 Å². The lowest BCUT2D eigenvalue weighted by Gasteiger charge is -2.19. The molecule has 0 fully saturated rings. The van der Waals surface area contributed by atoms with Crippen molar-refractivity contribution in [3.63, 3.8) is 0 Å². The Balaban J connectivity index is 1.77. The van der Waals surface area contributed by atoms with Crippen LogP contribution >= 0.6 is 15.9 Å². The normalized spacial score (nSPS) is 13.3. The quantitative estimate of drug-likeness (QED) is 0.236. The first-order valence-corrected chi connectivity index (χ1v) is 11.6. The zero-order chi connectivity index (χ0) is 24.7. The number of phenols is 2. The summed E-state index contributed by atoms with van der Waals surface area (Å²) in [4.78, 5) is 25.0. The molecule has 2 N–H and O–H groups in total. The fourth-order valence-electron chi connectivity index (χ4n) is 4.27. The summed E-state index contributed by atoms with van der Waals surface area (Å²) in [6, 6.07) is 19.8. The summed E-state index contributed by atoms with van der Waals surface area (Å²) in [6.45, 7) is 0. The van der Waals surface area contributed by atoms with Gasteiger partial charge < -0.3 is 14.9 Å². The smallest absolute Gasteiger partial charge is 0.186 e. The third kappa shape index (κ3) is 4.13. The second kappa shape index (κ2) is 8.89. The lowest BCUT2D eigenvalue weighted by molar-refractivity contribution is -0.113. The van der Waals surface area contributed by atoms with Gasteiger partial charge in [-0.15, -0.1) is 0 Å². The average Bonchev–Trinajstić information content (AvgIpc) is 2.86. The van der Waals surface area contributed by atoms with E-state index < -0.39 is 5.78 Å². The van der Waals surface area contributed by atoms with Crippen molar-refractivity contribution in [2.24, 2.45) is 0 Å². The highest BCUT2D eigenvalue weighted by atomic mass is 79.9. The molecule has 0 radical (unpaired) electrons. The molecule has 0 heterocycles. The van der Waals surface area contributed by atoms with Crippen molar-refractivity contribution in [3.8, 4) is 39.5 Å². The van der Waals surface area contributed by atoms with E-state index in [1.807, 2.05) is 36.4 Å². The van der Waals surface area contributed by atoms with E-state index in [2.05, 4.69) is 15.9 Å². The Morgan fingerprint density at radius 2 is 1.46 bits per heavy atom. The van der Waals surface area contributed by atoms with Crippen LogP contribution in [-0.2, 0) is 9.59 Å². The number of carbonyl (C=O) groups is 2. The maximum Gasteiger partial charge on any atom is 0.186 e. The second-order valence-electron chi connectivity index (χ2n) is 8.13. The van der Waals surface area contributed by atoms with E-state index in [0.717, 1.165) is 21.0 Å². The average molecular weight is 527 g/mol. The van der Waals surface area contributed by atoms with E-state index in [0.29, 0.717) is 16.7 Å². The van der Waals surface area contributed by atoms with Gasteiger partial charge in [0.15, 0.2) is 11.6 Å². The predicted molar refractivity (Wildman–Crippen MR) is 140 cm³/mol. The first kappa shape index (κ1) is 22.6. The minimum atomic E-state index is -0.430. The zero-order valence-corrected chi connectivity index (χ0v) is 20.2. The van der Waals surface area contributed by atoms with Gasteiger partial charge in [-0.3, -0.25) is 9.59 Å². The molecule has 5 rings (SSSR count). The number of fused-ring (bicyclic) bond motifs is 1. The molecule has 4 aromatic carbocycles. The molecule has 0 saturated heterocycles. The number of aromatic hydroxyl groups is 2. The number of rotatable bonds is 4. The van der Waals surface area contributed by atoms with Crippen LogP contribution in [0.1, 0.15) is 5.56 Å². The summed E-state index contributed by atoms with van der Waals surface area (Å²) < 4.78 is 6.12. The number of benzene rings is 4. The molecule has 172 valence electrons. The number of ketones is 2. The van der Waals surface area contributed by atoms with E-state index in [1.54, 1.807) is 31.4 Å². The topological polar surface area (TPSA) is 83.8 Å². The summed E-state index contributed by atoms with van der Waals surface area (Å²) in [6.07, 6.45) is 3.55. The number of hydrogen-bond acceptors (Lipinski definition) is 5. The van der Waals surface area contributed by atoms with Gasteiger partial charge in [0.25, 0.3) is 0 Å². The van der Waals surface area contributed by atoms with Crippen LogP contribution in [0.3, 0.4) is 0 Å². The molecule has 0 atom stereocenters. The molecule has 5 nitrogen and oxygen atoms in total. The summed E-state index contributed by atoms with van der Waals surface area (Å²) in [5.74, 6) is -0.394. The minimum Gasteiger partial charge on any atom is -0.507 e. The highest BCUT2D eigenvalue weighted by Crippen LogP contribution is 2.48. The van der Waals surface area contributed by atoms with E-state index in [-0.39, 0.29) is 34.0 Å². The Morgan fingerprint density at radius 3 is 2.20 bits per heavy atom. The molecule has 0 saturated carbocycles. The molecule has 0 aliphatic heterocycles. The largest absolute Gasteiger partial charge is 0.507 e. The maximum absolute atomic E-state index is 12.8. The number of halogens is 1. The van der Waals surface area contributed by atoms with Crippen molar-refractivity contribution in [1.29, 1.82) is 0 Å². The highest BCUT2D eigenvalue weighted by Gasteiger charge is 2.27. The van der Waals surface area contributed by atoms with Crippen LogP contribution in [0.2, 0.25) is 0 Å². The van der Waals surface area contributed by atoms with Crippen molar-refractivity contribution in [2.45, 2.75) is 0 Å². The van der Waals surface area contributed by atoms with Crippen LogP contribution in [0.5, 0.6) is 17.2 Å². The summed E-state index contributed by atoms with van der Waals surface area (Å²) in [7, 11) is 1.60. The van der Waals surface area contributed by atoms with Crippen molar-refractivity contribution < 1.29 is 24.5 Å². The van der Waals surface area contributed by atoms with Crippen molar-refractivity contribution in [1.82, 2.24) is 0 Å². The highest BCUT2D eigenvalue weighted by molar-refractivity contribution is 9.10. The van der Waals surface area contributed by atoms with E-state index in [1.165, 1.54) is 24.3 Å². The number of methoxy groups -OCH3 is 1. The van der Waals surface area contributed by atoms with Crippen molar-refractivity contribution in [3.05, 3.63) is 95.0 Å². The number of allylic oxidation sites excluding steroid dienone is 4. The molecule has 35 heavy (non-hydrogen) atoms. The standard InChI is InChI=1S/C29H19BrO5/c1-35-22-10-6-17-12-19(3-2-18(17)13-22)23-15-26(33)27(16-4-7-20(30)8-5-16)28(29(23)34)24-14-21(31)9-11-25(24)32/h2-15,33-34H,1H3. The Hall–Kier alpha value is -4.16. The molecule has 0 aromatic heterocycles. The van der Waals surface area contributed by atoms with Crippen molar-refractivity contribution >= 4 is 43.8 Å². The molecular weight excluding hydrogens is 508 g/mol. The third-order valence-corrected chi connectivity index (χ3v) is 6.52. The molecule has 0 unspecified atom stereocenters. The molecule has 0 bridgehead atoms. The number of carbonyl (C=O) groups excluding carboxylic acids is 2. The van der Waals surface area contributed by atoms with Crippen LogP contribution in [0.25, 0.3) is 38.6 Å². The zero-order valence-electron chi connectivity index (χ0n) is 18.6.